The first-order valence-electron chi connectivity index (χ1n) is 5.85. The number of alkyl halides is 3. The molecule has 1 saturated heterocycles. The zero-order valence-corrected chi connectivity index (χ0v) is 9.39. The molecule has 1 saturated carbocycles. The molecule has 98 valence electrons. The Morgan fingerprint density at radius 2 is 2.12 bits per heavy atom. The van der Waals surface area contributed by atoms with E-state index < -0.39 is 29.4 Å². The summed E-state index contributed by atoms with van der Waals surface area (Å²) in [6.45, 7) is 0.691. The second kappa shape index (κ2) is 4.15. The van der Waals surface area contributed by atoms with Crippen molar-refractivity contribution < 1.29 is 23.1 Å². The summed E-state index contributed by atoms with van der Waals surface area (Å²) in [5, 5.41) is 12.0. The largest absolute Gasteiger partial charge is 0.481 e. The third-order valence-corrected chi connectivity index (χ3v) is 4.21. The number of rotatable bonds is 1. The van der Waals surface area contributed by atoms with Gasteiger partial charge in [0.25, 0.3) is 0 Å². The van der Waals surface area contributed by atoms with Crippen molar-refractivity contribution in [1.29, 1.82) is 0 Å². The molecule has 0 aromatic rings. The van der Waals surface area contributed by atoms with Crippen molar-refractivity contribution in [2.75, 3.05) is 13.1 Å². The molecular formula is C11H16F3NO2. The van der Waals surface area contributed by atoms with Gasteiger partial charge >= 0.3 is 12.1 Å². The summed E-state index contributed by atoms with van der Waals surface area (Å²) in [4.78, 5) is 11.1. The lowest BCUT2D eigenvalue weighted by Crippen LogP contribution is -2.42. The van der Waals surface area contributed by atoms with Gasteiger partial charge in [0.05, 0.1) is 11.8 Å². The van der Waals surface area contributed by atoms with Crippen LogP contribution in [-0.4, -0.2) is 30.3 Å². The van der Waals surface area contributed by atoms with Crippen molar-refractivity contribution in [3.8, 4) is 0 Å². The lowest BCUT2D eigenvalue weighted by molar-refractivity contribution is -0.195. The molecule has 1 heterocycles. The Hall–Kier alpha value is -0.780. The molecule has 1 aliphatic heterocycles. The molecule has 3 nitrogen and oxygen atoms in total. The van der Waals surface area contributed by atoms with E-state index in [1.165, 1.54) is 0 Å². The van der Waals surface area contributed by atoms with Gasteiger partial charge in [-0.25, -0.2) is 0 Å². The lowest BCUT2D eigenvalue weighted by atomic mass is 9.64. The number of halogens is 3. The van der Waals surface area contributed by atoms with Gasteiger partial charge in [0, 0.05) is 13.1 Å². The van der Waals surface area contributed by atoms with E-state index in [4.69, 9.17) is 5.11 Å². The van der Waals surface area contributed by atoms with Gasteiger partial charge < -0.3 is 10.4 Å². The summed E-state index contributed by atoms with van der Waals surface area (Å²) in [5.41, 5.74) is -0.690. The Morgan fingerprint density at radius 1 is 1.41 bits per heavy atom. The molecule has 6 heteroatoms. The SMILES string of the molecule is O=C(O)C1CNCC12CCCC(C(F)(F)F)C2. The summed E-state index contributed by atoms with van der Waals surface area (Å²) >= 11 is 0. The molecule has 2 rings (SSSR count). The number of carboxylic acids is 1. The maximum absolute atomic E-state index is 12.7. The van der Waals surface area contributed by atoms with Crippen LogP contribution in [0, 0.1) is 17.3 Å². The highest BCUT2D eigenvalue weighted by Crippen LogP contribution is 2.51. The van der Waals surface area contributed by atoms with E-state index in [0.29, 0.717) is 25.9 Å². The van der Waals surface area contributed by atoms with Crippen LogP contribution in [0.25, 0.3) is 0 Å². The van der Waals surface area contributed by atoms with Crippen LogP contribution in [0.15, 0.2) is 0 Å². The van der Waals surface area contributed by atoms with Crippen molar-refractivity contribution in [1.82, 2.24) is 5.32 Å². The highest BCUT2D eigenvalue weighted by atomic mass is 19.4. The molecule has 3 unspecified atom stereocenters. The Labute approximate surface area is 97.4 Å². The van der Waals surface area contributed by atoms with E-state index >= 15 is 0 Å². The van der Waals surface area contributed by atoms with Gasteiger partial charge in [-0.3, -0.25) is 4.79 Å². The van der Waals surface area contributed by atoms with Gasteiger partial charge in [-0.15, -0.1) is 0 Å². The fourth-order valence-corrected chi connectivity index (χ4v) is 3.31. The topological polar surface area (TPSA) is 49.3 Å². The number of carboxylic acid groups (broad SMARTS) is 1. The quantitative estimate of drug-likeness (QED) is 0.749. The van der Waals surface area contributed by atoms with E-state index in [0.717, 1.165) is 0 Å². The second-order valence-corrected chi connectivity index (χ2v) is 5.22. The molecule has 0 radical (unpaired) electrons. The Bertz CT molecular complexity index is 318. The number of hydrogen-bond donors (Lipinski definition) is 2. The van der Waals surface area contributed by atoms with E-state index in [2.05, 4.69) is 5.32 Å². The fourth-order valence-electron chi connectivity index (χ4n) is 3.31. The van der Waals surface area contributed by atoms with Crippen LogP contribution in [-0.2, 0) is 4.79 Å². The van der Waals surface area contributed by atoms with Crippen molar-refractivity contribution >= 4 is 5.97 Å². The minimum absolute atomic E-state index is 0.0412. The number of aliphatic carboxylic acids is 1. The molecule has 2 N–H and O–H groups in total. The monoisotopic (exact) mass is 251 g/mol. The molecule has 17 heavy (non-hydrogen) atoms. The van der Waals surface area contributed by atoms with Crippen LogP contribution in [0.4, 0.5) is 13.2 Å². The highest BCUT2D eigenvalue weighted by Gasteiger charge is 2.54. The van der Waals surface area contributed by atoms with Crippen LogP contribution in [0.2, 0.25) is 0 Å². The fraction of sp³-hybridized carbons (Fsp3) is 0.909. The summed E-state index contributed by atoms with van der Waals surface area (Å²) in [6, 6.07) is 0. The van der Waals surface area contributed by atoms with Gasteiger partial charge in [-0.2, -0.15) is 13.2 Å². The Kier molecular flexibility index (Phi) is 3.10. The zero-order chi connectivity index (χ0) is 12.7. The minimum atomic E-state index is -4.20. The first kappa shape index (κ1) is 12.7. The van der Waals surface area contributed by atoms with E-state index in [-0.39, 0.29) is 12.8 Å². The van der Waals surface area contributed by atoms with E-state index in [9.17, 15) is 18.0 Å². The smallest absolute Gasteiger partial charge is 0.391 e. The van der Waals surface area contributed by atoms with Crippen LogP contribution in [0.1, 0.15) is 25.7 Å². The molecule has 0 amide bonds. The van der Waals surface area contributed by atoms with Crippen molar-refractivity contribution in [2.45, 2.75) is 31.9 Å². The first-order valence-corrected chi connectivity index (χ1v) is 5.85. The molecule has 2 fully saturated rings. The molecule has 0 bridgehead atoms. The van der Waals surface area contributed by atoms with Gasteiger partial charge in [0.1, 0.15) is 0 Å². The van der Waals surface area contributed by atoms with Crippen LogP contribution >= 0.6 is 0 Å². The van der Waals surface area contributed by atoms with Gasteiger partial charge in [0.15, 0.2) is 0 Å². The molecule has 1 spiro atoms. The van der Waals surface area contributed by atoms with Gasteiger partial charge in [-0.05, 0) is 24.7 Å². The standard InChI is InChI=1S/C11H16F3NO2/c12-11(13,14)7-2-1-3-10(4-7)6-15-5-8(10)9(16)17/h7-8,15H,1-6H2,(H,16,17). The third kappa shape index (κ3) is 2.27. The molecule has 0 aromatic heterocycles. The van der Waals surface area contributed by atoms with Gasteiger partial charge in [-0.1, -0.05) is 6.42 Å². The van der Waals surface area contributed by atoms with Crippen molar-refractivity contribution in [2.24, 2.45) is 17.3 Å². The maximum Gasteiger partial charge on any atom is 0.391 e. The number of hydrogen-bond acceptors (Lipinski definition) is 2. The van der Waals surface area contributed by atoms with E-state index in [1.807, 2.05) is 0 Å². The molecule has 2 aliphatic rings. The Balaban J connectivity index is 2.17. The summed E-state index contributed by atoms with van der Waals surface area (Å²) in [5.74, 6) is -2.98. The zero-order valence-electron chi connectivity index (χ0n) is 9.39. The summed E-state index contributed by atoms with van der Waals surface area (Å²) in [7, 11) is 0. The summed E-state index contributed by atoms with van der Waals surface area (Å²) < 4.78 is 38.2. The van der Waals surface area contributed by atoms with Crippen molar-refractivity contribution in [3.05, 3.63) is 0 Å². The van der Waals surface area contributed by atoms with Crippen molar-refractivity contribution in [3.63, 3.8) is 0 Å². The highest BCUT2D eigenvalue weighted by molar-refractivity contribution is 5.72. The predicted octanol–water partition coefficient (Wildman–Crippen LogP) is 2.03. The van der Waals surface area contributed by atoms with Crippen LogP contribution in [0.3, 0.4) is 0 Å². The predicted molar refractivity (Wildman–Crippen MR) is 54.4 cm³/mol. The summed E-state index contributed by atoms with van der Waals surface area (Å²) in [6.07, 6.45) is -3.05. The van der Waals surface area contributed by atoms with E-state index in [1.54, 1.807) is 0 Å². The van der Waals surface area contributed by atoms with Gasteiger partial charge in [0.2, 0.25) is 0 Å². The lowest BCUT2D eigenvalue weighted by Gasteiger charge is -2.40. The maximum atomic E-state index is 12.7. The second-order valence-electron chi connectivity index (χ2n) is 5.22. The average molecular weight is 251 g/mol. The normalized spacial score (nSPS) is 38.5. The molecular weight excluding hydrogens is 235 g/mol. The first-order chi connectivity index (χ1) is 7.85. The number of nitrogens with one attached hydrogen (secondary N) is 1. The molecule has 0 aromatic carbocycles. The average Bonchev–Trinajstić information content (AvgIpc) is 2.60. The molecule has 3 atom stereocenters. The Morgan fingerprint density at radius 3 is 2.71 bits per heavy atom. The third-order valence-electron chi connectivity index (χ3n) is 4.21. The molecule has 1 aliphatic carbocycles. The number of carbonyl (C=O) groups is 1. The van der Waals surface area contributed by atoms with Crippen LogP contribution in [0.5, 0.6) is 0 Å². The minimum Gasteiger partial charge on any atom is -0.481 e. The van der Waals surface area contributed by atoms with Crippen LogP contribution < -0.4 is 5.32 Å².